The summed E-state index contributed by atoms with van der Waals surface area (Å²) in [5.74, 6) is 0.879. The fraction of sp³-hybridized carbons (Fsp3) is 0.316. The monoisotopic (exact) mass is 369 g/mol. The van der Waals surface area contributed by atoms with Gasteiger partial charge in [0.2, 0.25) is 0 Å². The number of nitrogens with zero attached hydrogens (tertiary/aromatic N) is 3. The van der Waals surface area contributed by atoms with Crippen molar-refractivity contribution in [1.82, 2.24) is 9.66 Å². The van der Waals surface area contributed by atoms with Crippen LogP contribution in [-0.4, -0.2) is 28.1 Å². The molecule has 3 aromatic rings. The number of para-hydroxylation sites is 1. The first-order valence-corrected chi connectivity index (χ1v) is 9.36. The summed E-state index contributed by atoms with van der Waals surface area (Å²) in [4.78, 5) is 19.7. The van der Waals surface area contributed by atoms with Gasteiger partial charge in [0.05, 0.1) is 18.7 Å². The number of benzene rings is 1. The van der Waals surface area contributed by atoms with Gasteiger partial charge in [-0.25, -0.2) is 4.98 Å². The number of rotatable bonds is 3. The Morgan fingerprint density at radius 3 is 2.96 bits per heavy atom. The zero-order valence-corrected chi connectivity index (χ0v) is 15.5. The molecule has 1 N–H and O–H groups in total. The Morgan fingerprint density at radius 2 is 2.15 bits per heavy atom. The minimum Gasteiger partial charge on any atom is -0.504 e. The van der Waals surface area contributed by atoms with Gasteiger partial charge in [0.25, 0.3) is 5.56 Å². The molecule has 0 amide bonds. The van der Waals surface area contributed by atoms with Gasteiger partial charge in [-0.3, -0.25) is 4.79 Å². The molecular formula is C19H19N3O3S. The predicted octanol–water partition coefficient (Wildman–Crippen LogP) is 3.24. The molecule has 0 spiro atoms. The summed E-state index contributed by atoms with van der Waals surface area (Å²) in [5.41, 5.74) is 1.47. The van der Waals surface area contributed by atoms with Crippen molar-refractivity contribution in [3.63, 3.8) is 0 Å². The summed E-state index contributed by atoms with van der Waals surface area (Å²) >= 11 is 1.63. The van der Waals surface area contributed by atoms with Crippen LogP contribution in [0.5, 0.6) is 11.5 Å². The van der Waals surface area contributed by atoms with Crippen molar-refractivity contribution in [2.24, 2.45) is 5.10 Å². The van der Waals surface area contributed by atoms with Crippen LogP contribution in [0.3, 0.4) is 0 Å². The highest BCUT2D eigenvalue weighted by molar-refractivity contribution is 7.18. The van der Waals surface area contributed by atoms with Crippen LogP contribution in [0, 0.1) is 6.92 Å². The van der Waals surface area contributed by atoms with Crippen LogP contribution >= 0.6 is 11.3 Å². The molecule has 0 saturated carbocycles. The maximum absolute atomic E-state index is 13.0. The molecule has 1 aliphatic carbocycles. The second-order valence-corrected chi connectivity index (χ2v) is 7.39. The molecule has 0 aliphatic heterocycles. The summed E-state index contributed by atoms with van der Waals surface area (Å²) in [6.07, 6.45) is 5.68. The van der Waals surface area contributed by atoms with Crippen molar-refractivity contribution in [3.05, 3.63) is 50.4 Å². The lowest BCUT2D eigenvalue weighted by atomic mass is 9.97. The number of aromatic hydroxyl groups is 1. The fourth-order valence-corrected chi connectivity index (χ4v) is 4.66. The van der Waals surface area contributed by atoms with Crippen LogP contribution < -0.4 is 10.3 Å². The minimum atomic E-state index is -0.148. The third-order valence-electron chi connectivity index (χ3n) is 4.69. The van der Waals surface area contributed by atoms with Gasteiger partial charge in [-0.2, -0.15) is 9.78 Å². The molecule has 0 unspecified atom stereocenters. The summed E-state index contributed by atoms with van der Waals surface area (Å²) in [6, 6.07) is 5.13. The number of phenolic OH excluding ortho intramolecular Hbond substituents is 1. The van der Waals surface area contributed by atoms with E-state index in [1.165, 1.54) is 29.3 Å². The number of thiophene rings is 1. The van der Waals surface area contributed by atoms with E-state index < -0.39 is 0 Å². The lowest BCUT2D eigenvalue weighted by molar-refractivity contribution is 0.373. The number of hydrogen-bond donors (Lipinski definition) is 1. The Hall–Kier alpha value is -2.67. The first-order chi connectivity index (χ1) is 12.6. The van der Waals surface area contributed by atoms with Crippen LogP contribution in [0.2, 0.25) is 0 Å². The minimum absolute atomic E-state index is 0.00796. The van der Waals surface area contributed by atoms with E-state index in [0.29, 0.717) is 22.5 Å². The van der Waals surface area contributed by atoms with Gasteiger partial charge in [0, 0.05) is 10.4 Å². The molecule has 7 heteroatoms. The number of hydrogen-bond acceptors (Lipinski definition) is 6. The number of aryl methyl sites for hydroxylation is 3. The predicted molar refractivity (Wildman–Crippen MR) is 103 cm³/mol. The fourth-order valence-electron chi connectivity index (χ4n) is 3.36. The number of ether oxygens (including phenoxy) is 1. The van der Waals surface area contributed by atoms with Crippen molar-refractivity contribution < 1.29 is 9.84 Å². The summed E-state index contributed by atoms with van der Waals surface area (Å²) in [5, 5.41) is 15.2. The first kappa shape index (κ1) is 16.8. The van der Waals surface area contributed by atoms with Gasteiger partial charge in [-0.1, -0.05) is 6.07 Å². The summed E-state index contributed by atoms with van der Waals surface area (Å²) < 4.78 is 6.41. The average molecular weight is 369 g/mol. The maximum atomic E-state index is 13.0. The second kappa shape index (κ2) is 6.57. The Balaban J connectivity index is 1.83. The van der Waals surface area contributed by atoms with Crippen molar-refractivity contribution >= 4 is 27.8 Å². The molecule has 0 atom stereocenters. The Morgan fingerprint density at radius 1 is 1.35 bits per heavy atom. The molecule has 2 heterocycles. The quantitative estimate of drug-likeness (QED) is 0.719. The Bertz CT molecular complexity index is 1080. The molecule has 6 nitrogen and oxygen atoms in total. The Kier molecular flexibility index (Phi) is 4.24. The standard InChI is InChI=1S/C19H19N3O3S/c1-11-21-18-16(13-7-3-4-9-15(13)26-18)19(24)22(11)20-10-12-6-5-8-14(25-2)17(12)23/h5-6,8,10,23H,3-4,7,9H2,1-2H3/b20-10+. The molecule has 0 radical (unpaired) electrons. The topological polar surface area (TPSA) is 76.7 Å². The van der Waals surface area contributed by atoms with Crippen molar-refractivity contribution in [3.8, 4) is 11.5 Å². The molecule has 26 heavy (non-hydrogen) atoms. The molecule has 134 valence electrons. The van der Waals surface area contributed by atoms with Gasteiger partial charge >= 0.3 is 0 Å². The van der Waals surface area contributed by atoms with E-state index in [1.54, 1.807) is 36.5 Å². The molecule has 0 fully saturated rings. The van der Waals surface area contributed by atoms with Crippen LogP contribution in [0.4, 0.5) is 0 Å². The first-order valence-electron chi connectivity index (χ1n) is 8.54. The zero-order valence-electron chi connectivity index (χ0n) is 14.7. The third kappa shape index (κ3) is 2.68. The van der Waals surface area contributed by atoms with Crippen LogP contribution in [0.25, 0.3) is 10.2 Å². The van der Waals surface area contributed by atoms with E-state index in [9.17, 15) is 9.90 Å². The van der Waals surface area contributed by atoms with E-state index >= 15 is 0 Å². The SMILES string of the molecule is COc1cccc(/C=N/n2c(C)nc3sc4c(c3c2=O)CCCC4)c1O. The summed E-state index contributed by atoms with van der Waals surface area (Å²) in [6.45, 7) is 1.77. The molecule has 4 rings (SSSR count). The van der Waals surface area contributed by atoms with Crippen molar-refractivity contribution in [1.29, 1.82) is 0 Å². The van der Waals surface area contributed by atoms with Gasteiger partial charge < -0.3 is 9.84 Å². The average Bonchev–Trinajstić information content (AvgIpc) is 3.00. The molecule has 2 aromatic heterocycles. The van der Waals surface area contributed by atoms with Gasteiger partial charge in [-0.15, -0.1) is 11.3 Å². The normalized spacial score (nSPS) is 14.1. The van der Waals surface area contributed by atoms with E-state index in [0.717, 1.165) is 29.7 Å². The van der Waals surface area contributed by atoms with E-state index in [-0.39, 0.29) is 11.3 Å². The highest BCUT2D eigenvalue weighted by Crippen LogP contribution is 2.33. The zero-order chi connectivity index (χ0) is 18.3. The van der Waals surface area contributed by atoms with Crippen molar-refractivity contribution in [2.45, 2.75) is 32.6 Å². The highest BCUT2D eigenvalue weighted by atomic mass is 32.1. The van der Waals surface area contributed by atoms with Gasteiger partial charge in [-0.05, 0) is 50.3 Å². The molecular weight excluding hydrogens is 350 g/mol. The van der Waals surface area contributed by atoms with Crippen LogP contribution in [-0.2, 0) is 12.8 Å². The van der Waals surface area contributed by atoms with E-state index in [2.05, 4.69) is 10.1 Å². The number of phenols is 1. The molecule has 1 aliphatic rings. The highest BCUT2D eigenvalue weighted by Gasteiger charge is 2.21. The number of fused-ring (bicyclic) bond motifs is 3. The van der Waals surface area contributed by atoms with Gasteiger partial charge in [0.15, 0.2) is 11.5 Å². The lowest BCUT2D eigenvalue weighted by Crippen LogP contribution is -2.21. The summed E-state index contributed by atoms with van der Waals surface area (Å²) in [7, 11) is 1.49. The number of methoxy groups -OCH3 is 1. The molecule has 1 aromatic carbocycles. The van der Waals surface area contributed by atoms with E-state index in [1.807, 2.05) is 0 Å². The Labute approximate surface area is 154 Å². The van der Waals surface area contributed by atoms with Gasteiger partial charge in [0.1, 0.15) is 10.7 Å². The van der Waals surface area contributed by atoms with Crippen LogP contribution in [0.15, 0.2) is 28.1 Å². The molecule has 0 bridgehead atoms. The molecule has 0 saturated heterocycles. The third-order valence-corrected chi connectivity index (χ3v) is 5.88. The van der Waals surface area contributed by atoms with E-state index in [4.69, 9.17) is 4.74 Å². The van der Waals surface area contributed by atoms with Crippen molar-refractivity contribution in [2.75, 3.05) is 7.11 Å². The second-order valence-electron chi connectivity index (χ2n) is 6.31. The van der Waals surface area contributed by atoms with Crippen LogP contribution in [0.1, 0.15) is 34.7 Å². The largest absolute Gasteiger partial charge is 0.504 e. The number of aromatic nitrogens is 2. The lowest BCUT2D eigenvalue weighted by Gasteiger charge is -2.10. The maximum Gasteiger partial charge on any atom is 0.283 e. The smallest absolute Gasteiger partial charge is 0.283 e.